The van der Waals surface area contributed by atoms with E-state index in [1.54, 1.807) is 7.05 Å². The highest BCUT2D eigenvalue weighted by Crippen LogP contribution is 2.16. The highest BCUT2D eigenvalue weighted by Gasteiger charge is 2.18. The number of rotatable bonds is 4. The number of anilines is 1. The maximum absolute atomic E-state index is 12.3. The molecule has 0 aliphatic rings. The zero-order valence-corrected chi connectivity index (χ0v) is 11.2. The minimum Gasteiger partial charge on any atom is -0.324 e. The Morgan fingerprint density at radius 2 is 1.63 bits per heavy atom. The van der Waals surface area contributed by atoms with E-state index >= 15 is 0 Å². The predicted molar refractivity (Wildman–Crippen MR) is 78.1 cm³/mol. The van der Waals surface area contributed by atoms with Gasteiger partial charge in [-0.15, -0.1) is 0 Å². The van der Waals surface area contributed by atoms with Crippen molar-refractivity contribution in [3.8, 4) is 0 Å². The van der Waals surface area contributed by atoms with Gasteiger partial charge >= 0.3 is 0 Å². The van der Waals surface area contributed by atoms with Crippen molar-refractivity contribution in [2.45, 2.75) is 13.0 Å². The standard InChI is InChI=1S/C16H18N2O/c1-12-8-10-14(11-9-12)18-16(19)15(17-2)13-6-4-3-5-7-13/h3-11,15,17H,1-2H3,(H,18,19)/t15-/m1/s1. The summed E-state index contributed by atoms with van der Waals surface area (Å²) in [5, 5.41) is 5.95. The summed E-state index contributed by atoms with van der Waals surface area (Å²) in [5.41, 5.74) is 2.94. The molecule has 0 aliphatic heterocycles. The first-order valence-electron chi connectivity index (χ1n) is 6.30. The average Bonchev–Trinajstić information content (AvgIpc) is 2.43. The zero-order valence-electron chi connectivity index (χ0n) is 11.2. The fourth-order valence-corrected chi connectivity index (χ4v) is 1.95. The summed E-state index contributed by atoms with van der Waals surface area (Å²) < 4.78 is 0. The monoisotopic (exact) mass is 254 g/mol. The summed E-state index contributed by atoms with van der Waals surface area (Å²) in [6, 6.07) is 17.1. The molecule has 0 unspecified atom stereocenters. The summed E-state index contributed by atoms with van der Waals surface area (Å²) in [5.74, 6) is -0.0578. The molecule has 2 N–H and O–H groups in total. The van der Waals surface area contributed by atoms with E-state index in [2.05, 4.69) is 10.6 Å². The molecule has 0 aliphatic carbocycles. The van der Waals surface area contributed by atoms with Crippen LogP contribution >= 0.6 is 0 Å². The van der Waals surface area contributed by atoms with Crippen LogP contribution in [0.15, 0.2) is 54.6 Å². The van der Waals surface area contributed by atoms with Gasteiger partial charge in [-0.05, 0) is 31.7 Å². The minimum atomic E-state index is -0.345. The van der Waals surface area contributed by atoms with Crippen LogP contribution in [-0.2, 0) is 4.79 Å². The molecule has 3 nitrogen and oxygen atoms in total. The van der Waals surface area contributed by atoms with E-state index < -0.39 is 0 Å². The van der Waals surface area contributed by atoms with E-state index in [4.69, 9.17) is 0 Å². The van der Waals surface area contributed by atoms with Crippen LogP contribution in [0, 0.1) is 6.92 Å². The number of aryl methyl sites for hydroxylation is 1. The largest absolute Gasteiger partial charge is 0.324 e. The van der Waals surface area contributed by atoms with E-state index in [-0.39, 0.29) is 11.9 Å². The van der Waals surface area contributed by atoms with Gasteiger partial charge in [0, 0.05) is 5.69 Å². The van der Waals surface area contributed by atoms with Crippen molar-refractivity contribution in [1.29, 1.82) is 0 Å². The Morgan fingerprint density at radius 1 is 1.00 bits per heavy atom. The number of carbonyl (C=O) groups is 1. The number of amides is 1. The molecule has 1 atom stereocenters. The molecular weight excluding hydrogens is 236 g/mol. The van der Waals surface area contributed by atoms with Crippen LogP contribution in [0.25, 0.3) is 0 Å². The van der Waals surface area contributed by atoms with E-state index in [0.717, 1.165) is 11.3 Å². The molecule has 2 rings (SSSR count). The third kappa shape index (κ3) is 3.42. The van der Waals surface area contributed by atoms with Crippen LogP contribution < -0.4 is 10.6 Å². The van der Waals surface area contributed by atoms with E-state index in [1.165, 1.54) is 5.56 Å². The lowest BCUT2D eigenvalue weighted by molar-refractivity contribution is -0.118. The normalized spacial score (nSPS) is 11.9. The molecule has 1 amide bonds. The van der Waals surface area contributed by atoms with E-state index in [9.17, 15) is 4.79 Å². The summed E-state index contributed by atoms with van der Waals surface area (Å²) in [7, 11) is 1.78. The second-order valence-electron chi connectivity index (χ2n) is 4.49. The lowest BCUT2D eigenvalue weighted by Crippen LogP contribution is -2.30. The van der Waals surface area contributed by atoms with Crippen molar-refractivity contribution in [2.75, 3.05) is 12.4 Å². The van der Waals surface area contributed by atoms with Gasteiger partial charge in [0.15, 0.2) is 0 Å². The average molecular weight is 254 g/mol. The van der Waals surface area contributed by atoms with Crippen molar-refractivity contribution in [3.63, 3.8) is 0 Å². The Bertz CT molecular complexity index is 534. The zero-order chi connectivity index (χ0) is 13.7. The van der Waals surface area contributed by atoms with Crippen molar-refractivity contribution >= 4 is 11.6 Å². The Hall–Kier alpha value is -2.13. The Labute approximate surface area is 113 Å². The van der Waals surface area contributed by atoms with Gasteiger partial charge in [0.2, 0.25) is 5.91 Å². The van der Waals surface area contributed by atoms with Gasteiger partial charge in [0.05, 0.1) is 0 Å². The molecule has 0 aromatic heterocycles. The predicted octanol–water partition coefficient (Wildman–Crippen LogP) is 2.89. The Kier molecular flexibility index (Phi) is 4.31. The molecule has 3 heteroatoms. The lowest BCUT2D eigenvalue weighted by Gasteiger charge is -2.16. The van der Waals surface area contributed by atoms with Crippen LogP contribution in [0.5, 0.6) is 0 Å². The lowest BCUT2D eigenvalue weighted by atomic mass is 10.1. The van der Waals surface area contributed by atoms with Gasteiger partial charge in [-0.1, -0.05) is 48.0 Å². The molecule has 0 radical (unpaired) electrons. The van der Waals surface area contributed by atoms with Crippen LogP contribution in [-0.4, -0.2) is 13.0 Å². The molecule has 0 bridgehead atoms. The SMILES string of the molecule is CN[C@@H](C(=O)Nc1ccc(C)cc1)c1ccccc1. The number of benzene rings is 2. The molecule has 2 aromatic rings. The van der Waals surface area contributed by atoms with Crippen LogP contribution in [0.4, 0.5) is 5.69 Å². The Morgan fingerprint density at radius 3 is 2.21 bits per heavy atom. The van der Waals surface area contributed by atoms with Crippen molar-refractivity contribution in [2.24, 2.45) is 0 Å². The third-order valence-electron chi connectivity index (χ3n) is 3.00. The number of nitrogens with one attached hydrogen (secondary N) is 2. The van der Waals surface area contributed by atoms with Crippen LogP contribution in [0.3, 0.4) is 0 Å². The topological polar surface area (TPSA) is 41.1 Å². The summed E-state index contributed by atoms with van der Waals surface area (Å²) in [6.07, 6.45) is 0. The van der Waals surface area contributed by atoms with Crippen LogP contribution in [0.2, 0.25) is 0 Å². The first-order valence-corrected chi connectivity index (χ1v) is 6.30. The highest BCUT2D eigenvalue weighted by atomic mass is 16.2. The van der Waals surface area contributed by atoms with E-state index in [0.29, 0.717) is 0 Å². The maximum atomic E-state index is 12.3. The van der Waals surface area contributed by atoms with Crippen LogP contribution in [0.1, 0.15) is 17.2 Å². The highest BCUT2D eigenvalue weighted by molar-refractivity contribution is 5.95. The van der Waals surface area contributed by atoms with Gasteiger partial charge in [-0.3, -0.25) is 4.79 Å². The third-order valence-corrected chi connectivity index (χ3v) is 3.00. The molecule has 98 valence electrons. The maximum Gasteiger partial charge on any atom is 0.246 e. The van der Waals surface area contributed by atoms with Gasteiger partial charge < -0.3 is 10.6 Å². The molecule has 0 heterocycles. The second kappa shape index (κ2) is 6.16. The van der Waals surface area contributed by atoms with Gasteiger partial charge in [-0.25, -0.2) is 0 Å². The van der Waals surface area contributed by atoms with E-state index in [1.807, 2.05) is 61.5 Å². The second-order valence-corrected chi connectivity index (χ2v) is 4.49. The first-order chi connectivity index (χ1) is 9.20. The summed E-state index contributed by atoms with van der Waals surface area (Å²) >= 11 is 0. The molecule has 2 aromatic carbocycles. The smallest absolute Gasteiger partial charge is 0.246 e. The molecule has 0 saturated heterocycles. The molecule has 0 saturated carbocycles. The Balaban J connectivity index is 2.11. The molecular formula is C16H18N2O. The summed E-state index contributed by atoms with van der Waals surface area (Å²) in [4.78, 5) is 12.3. The molecule has 0 spiro atoms. The van der Waals surface area contributed by atoms with Crippen molar-refractivity contribution in [3.05, 3.63) is 65.7 Å². The van der Waals surface area contributed by atoms with Gasteiger partial charge in [0.1, 0.15) is 6.04 Å². The first kappa shape index (κ1) is 13.3. The quantitative estimate of drug-likeness (QED) is 0.881. The number of likely N-dealkylation sites (N-methyl/N-ethyl adjacent to an activating group) is 1. The van der Waals surface area contributed by atoms with Gasteiger partial charge in [0.25, 0.3) is 0 Å². The van der Waals surface area contributed by atoms with Crippen molar-refractivity contribution in [1.82, 2.24) is 5.32 Å². The fourth-order valence-electron chi connectivity index (χ4n) is 1.95. The van der Waals surface area contributed by atoms with Crippen molar-refractivity contribution < 1.29 is 4.79 Å². The minimum absolute atomic E-state index is 0.0578. The van der Waals surface area contributed by atoms with Gasteiger partial charge in [-0.2, -0.15) is 0 Å². The number of hydrogen-bond acceptors (Lipinski definition) is 2. The fraction of sp³-hybridized carbons (Fsp3) is 0.188. The summed E-state index contributed by atoms with van der Waals surface area (Å²) in [6.45, 7) is 2.02. The molecule has 19 heavy (non-hydrogen) atoms. The molecule has 0 fully saturated rings. The number of hydrogen-bond donors (Lipinski definition) is 2. The number of carbonyl (C=O) groups excluding carboxylic acids is 1.